The van der Waals surface area contributed by atoms with Gasteiger partial charge in [-0.05, 0) is 38.3 Å². The normalized spacial score (nSPS) is 44.8. The van der Waals surface area contributed by atoms with Crippen molar-refractivity contribution in [3.8, 4) is 0 Å². The van der Waals surface area contributed by atoms with E-state index < -0.39 is 5.60 Å². The Bertz CT molecular complexity index is 209. The second-order valence-electron chi connectivity index (χ2n) is 5.02. The van der Waals surface area contributed by atoms with Crippen molar-refractivity contribution in [2.75, 3.05) is 26.2 Å². The Balaban J connectivity index is 2.11. The average molecular weight is 198 g/mol. The summed E-state index contributed by atoms with van der Waals surface area (Å²) in [7, 11) is 0. The van der Waals surface area contributed by atoms with Gasteiger partial charge >= 0.3 is 0 Å². The highest BCUT2D eigenvalue weighted by Crippen LogP contribution is 2.39. The Hall–Kier alpha value is -0.120. The second kappa shape index (κ2) is 3.80. The number of nitrogens with zero attached hydrogens (tertiary/aromatic N) is 1. The average Bonchev–Trinajstić information content (AvgIpc) is 2.24. The third-order valence-electron chi connectivity index (χ3n) is 4.25. The second-order valence-corrected chi connectivity index (χ2v) is 5.02. The number of hydrogen-bond donors (Lipinski definition) is 2. The zero-order valence-corrected chi connectivity index (χ0v) is 9.08. The van der Waals surface area contributed by atoms with Gasteiger partial charge in [0.1, 0.15) is 0 Å². The molecule has 2 saturated heterocycles. The van der Waals surface area contributed by atoms with E-state index in [9.17, 15) is 5.11 Å². The molecule has 3 nitrogen and oxygen atoms in total. The SMILES string of the molecule is CC(CN)C1(O)CCN2CCCC1C2. The van der Waals surface area contributed by atoms with Crippen LogP contribution in [0.1, 0.15) is 26.2 Å². The molecule has 0 spiro atoms. The molecule has 2 fully saturated rings. The van der Waals surface area contributed by atoms with E-state index in [4.69, 9.17) is 5.73 Å². The van der Waals surface area contributed by atoms with Crippen LogP contribution in [-0.4, -0.2) is 41.8 Å². The molecule has 0 radical (unpaired) electrons. The van der Waals surface area contributed by atoms with E-state index >= 15 is 0 Å². The summed E-state index contributed by atoms with van der Waals surface area (Å²) >= 11 is 0. The smallest absolute Gasteiger partial charge is 0.0737 e. The van der Waals surface area contributed by atoms with Gasteiger partial charge in [-0.15, -0.1) is 0 Å². The van der Waals surface area contributed by atoms with Crippen molar-refractivity contribution in [1.82, 2.24) is 4.90 Å². The summed E-state index contributed by atoms with van der Waals surface area (Å²) in [4.78, 5) is 2.48. The van der Waals surface area contributed by atoms with E-state index in [2.05, 4.69) is 11.8 Å². The van der Waals surface area contributed by atoms with Crippen molar-refractivity contribution in [2.24, 2.45) is 17.6 Å². The molecule has 0 aromatic carbocycles. The highest BCUT2D eigenvalue weighted by atomic mass is 16.3. The van der Waals surface area contributed by atoms with Gasteiger partial charge in [-0.3, -0.25) is 0 Å². The Morgan fingerprint density at radius 3 is 3.07 bits per heavy atom. The molecule has 0 aromatic rings. The summed E-state index contributed by atoms with van der Waals surface area (Å²) in [6.07, 6.45) is 3.33. The summed E-state index contributed by atoms with van der Waals surface area (Å²) in [5.41, 5.74) is 5.20. The van der Waals surface area contributed by atoms with E-state index in [1.165, 1.54) is 19.4 Å². The fourth-order valence-corrected chi connectivity index (χ4v) is 3.06. The minimum Gasteiger partial charge on any atom is -0.389 e. The maximum absolute atomic E-state index is 10.6. The van der Waals surface area contributed by atoms with Crippen molar-refractivity contribution in [1.29, 1.82) is 0 Å². The molecular formula is C11H22N2O. The molecule has 2 aliphatic heterocycles. The number of nitrogens with two attached hydrogens (primary N) is 1. The lowest BCUT2D eigenvalue weighted by Crippen LogP contribution is -2.58. The molecule has 0 saturated carbocycles. The molecule has 82 valence electrons. The molecule has 0 aromatic heterocycles. The highest BCUT2D eigenvalue weighted by molar-refractivity contribution is 4.98. The summed E-state index contributed by atoms with van der Waals surface area (Å²) in [5.74, 6) is 0.705. The van der Waals surface area contributed by atoms with Gasteiger partial charge in [0.15, 0.2) is 0 Å². The molecule has 3 heteroatoms. The molecule has 2 rings (SSSR count). The van der Waals surface area contributed by atoms with Gasteiger partial charge in [0.25, 0.3) is 0 Å². The first-order valence-corrected chi connectivity index (χ1v) is 5.81. The summed E-state index contributed by atoms with van der Waals surface area (Å²) in [5, 5.41) is 10.6. The molecule has 0 amide bonds. The lowest BCUT2D eigenvalue weighted by molar-refractivity contribution is -0.121. The third kappa shape index (κ3) is 1.58. The molecule has 2 bridgehead atoms. The Labute approximate surface area is 86.3 Å². The van der Waals surface area contributed by atoms with Gasteiger partial charge in [0, 0.05) is 19.0 Å². The first kappa shape index (κ1) is 10.4. The minimum absolute atomic E-state index is 0.243. The van der Waals surface area contributed by atoms with E-state index in [0.29, 0.717) is 12.5 Å². The lowest BCUT2D eigenvalue weighted by Gasteiger charge is -2.50. The maximum atomic E-state index is 10.6. The molecule has 2 aliphatic rings. The Morgan fingerprint density at radius 2 is 2.36 bits per heavy atom. The van der Waals surface area contributed by atoms with Crippen LogP contribution in [0.25, 0.3) is 0 Å². The lowest BCUT2D eigenvalue weighted by atomic mass is 9.69. The van der Waals surface area contributed by atoms with Gasteiger partial charge in [-0.1, -0.05) is 6.92 Å². The number of fused-ring (bicyclic) bond motifs is 2. The fraction of sp³-hybridized carbons (Fsp3) is 1.00. The third-order valence-corrected chi connectivity index (χ3v) is 4.25. The van der Waals surface area contributed by atoms with Crippen molar-refractivity contribution in [3.05, 3.63) is 0 Å². The Kier molecular flexibility index (Phi) is 2.82. The first-order valence-electron chi connectivity index (χ1n) is 5.81. The van der Waals surface area contributed by atoms with Gasteiger partial charge in [0.2, 0.25) is 0 Å². The van der Waals surface area contributed by atoms with Crippen LogP contribution in [-0.2, 0) is 0 Å². The zero-order chi connectivity index (χ0) is 10.2. The van der Waals surface area contributed by atoms with Gasteiger partial charge in [-0.25, -0.2) is 0 Å². The minimum atomic E-state index is -0.480. The van der Waals surface area contributed by atoms with Crippen molar-refractivity contribution < 1.29 is 5.11 Å². The van der Waals surface area contributed by atoms with Crippen molar-refractivity contribution in [3.63, 3.8) is 0 Å². The molecule has 4 atom stereocenters. The Morgan fingerprint density at radius 1 is 1.57 bits per heavy atom. The predicted octanol–water partition coefficient (Wildman–Crippen LogP) is 0.428. The largest absolute Gasteiger partial charge is 0.389 e. The molecule has 4 unspecified atom stereocenters. The van der Waals surface area contributed by atoms with Gasteiger partial charge < -0.3 is 15.7 Å². The quantitative estimate of drug-likeness (QED) is 0.676. The number of aliphatic hydroxyl groups is 1. The van der Waals surface area contributed by atoms with Crippen LogP contribution in [0.3, 0.4) is 0 Å². The summed E-state index contributed by atoms with van der Waals surface area (Å²) < 4.78 is 0. The number of hydrogen-bond acceptors (Lipinski definition) is 3. The topological polar surface area (TPSA) is 49.5 Å². The fourth-order valence-electron chi connectivity index (χ4n) is 3.06. The van der Waals surface area contributed by atoms with E-state index in [1.54, 1.807) is 0 Å². The van der Waals surface area contributed by atoms with Crippen LogP contribution >= 0.6 is 0 Å². The van der Waals surface area contributed by atoms with Crippen LogP contribution in [0.5, 0.6) is 0 Å². The molecular weight excluding hydrogens is 176 g/mol. The van der Waals surface area contributed by atoms with E-state index in [1.807, 2.05) is 0 Å². The van der Waals surface area contributed by atoms with E-state index in [0.717, 1.165) is 19.5 Å². The zero-order valence-electron chi connectivity index (χ0n) is 9.08. The van der Waals surface area contributed by atoms with Crippen LogP contribution in [0.2, 0.25) is 0 Å². The number of piperidine rings is 2. The van der Waals surface area contributed by atoms with Crippen molar-refractivity contribution >= 4 is 0 Å². The van der Waals surface area contributed by atoms with Crippen LogP contribution in [0.4, 0.5) is 0 Å². The standard InChI is InChI=1S/C11H22N2O/c1-9(7-12)11(14)4-6-13-5-2-3-10(11)8-13/h9-10,14H,2-8,12H2,1H3. The highest BCUT2D eigenvalue weighted by Gasteiger charge is 2.45. The molecule has 14 heavy (non-hydrogen) atoms. The van der Waals surface area contributed by atoms with Crippen LogP contribution in [0, 0.1) is 11.8 Å². The summed E-state index contributed by atoms with van der Waals surface area (Å²) in [6, 6.07) is 0. The van der Waals surface area contributed by atoms with E-state index in [-0.39, 0.29) is 5.92 Å². The first-order chi connectivity index (χ1) is 6.66. The van der Waals surface area contributed by atoms with Gasteiger partial charge in [-0.2, -0.15) is 0 Å². The molecule has 3 N–H and O–H groups in total. The monoisotopic (exact) mass is 198 g/mol. The summed E-state index contributed by atoms with van der Waals surface area (Å²) in [6.45, 7) is 6.05. The van der Waals surface area contributed by atoms with Crippen molar-refractivity contribution in [2.45, 2.75) is 31.8 Å². The maximum Gasteiger partial charge on any atom is 0.0737 e. The molecule has 2 heterocycles. The van der Waals surface area contributed by atoms with Crippen LogP contribution < -0.4 is 5.73 Å². The number of rotatable bonds is 2. The van der Waals surface area contributed by atoms with Crippen LogP contribution in [0.15, 0.2) is 0 Å². The molecule has 0 aliphatic carbocycles. The van der Waals surface area contributed by atoms with Gasteiger partial charge in [0.05, 0.1) is 5.60 Å². The predicted molar refractivity (Wildman–Crippen MR) is 56.9 cm³/mol.